The van der Waals surface area contributed by atoms with Gasteiger partial charge in [0.15, 0.2) is 0 Å². The number of halogens is 1. The third-order valence-electron chi connectivity index (χ3n) is 6.52. The third-order valence-corrected chi connectivity index (χ3v) is 6.52. The van der Waals surface area contributed by atoms with E-state index in [-0.39, 0.29) is 18.3 Å². The zero-order chi connectivity index (χ0) is 22.9. The van der Waals surface area contributed by atoms with Crippen LogP contribution in [0.2, 0.25) is 0 Å². The van der Waals surface area contributed by atoms with E-state index in [2.05, 4.69) is 15.6 Å². The second-order valence-corrected chi connectivity index (χ2v) is 8.60. The van der Waals surface area contributed by atoms with Crippen LogP contribution in [0, 0.1) is 5.82 Å². The topological polar surface area (TPSA) is 78.7 Å². The summed E-state index contributed by atoms with van der Waals surface area (Å²) in [4.78, 5) is 32.6. The summed E-state index contributed by atoms with van der Waals surface area (Å²) >= 11 is 0. The highest BCUT2D eigenvalue weighted by Gasteiger charge is 2.28. The zero-order valence-corrected chi connectivity index (χ0v) is 18.2. The second-order valence-electron chi connectivity index (χ2n) is 8.60. The molecule has 0 saturated heterocycles. The van der Waals surface area contributed by atoms with Crippen molar-refractivity contribution in [1.82, 2.24) is 19.4 Å². The Morgan fingerprint density at radius 2 is 2.00 bits per heavy atom. The van der Waals surface area contributed by atoms with Crippen molar-refractivity contribution >= 4 is 22.9 Å². The maximum atomic E-state index is 13.8. The number of carbonyl (C=O) groups is 2. The fourth-order valence-corrected chi connectivity index (χ4v) is 4.80. The Morgan fingerprint density at radius 3 is 2.76 bits per heavy atom. The van der Waals surface area contributed by atoms with E-state index in [0.29, 0.717) is 44.7 Å². The molecule has 0 saturated carbocycles. The first-order valence-corrected chi connectivity index (χ1v) is 11.1. The molecule has 0 aliphatic carbocycles. The highest BCUT2D eigenvalue weighted by molar-refractivity contribution is 5.87. The number of carboxylic acid groups (broad SMARTS) is 1. The predicted molar refractivity (Wildman–Crippen MR) is 121 cm³/mol. The predicted octanol–water partition coefficient (Wildman–Crippen LogP) is 2.83. The Morgan fingerprint density at radius 1 is 1.12 bits per heavy atom. The molecule has 0 atom stereocenters. The molecule has 2 aliphatic rings. The molecule has 1 N–H and O–H groups in total. The van der Waals surface area contributed by atoms with Gasteiger partial charge in [0.1, 0.15) is 11.5 Å². The fourth-order valence-electron chi connectivity index (χ4n) is 4.80. The van der Waals surface area contributed by atoms with Crippen molar-refractivity contribution in [3.8, 4) is 0 Å². The van der Waals surface area contributed by atoms with Gasteiger partial charge in [-0.25, -0.2) is 14.2 Å². The summed E-state index contributed by atoms with van der Waals surface area (Å²) in [5.74, 6) is -1.13. The molecule has 0 bridgehead atoms. The summed E-state index contributed by atoms with van der Waals surface area (Å²) in [6.45, 7) is 2.88. The lowest BCUT2D eigenvalue weighted by atomic mass is 10.0. The first-order chi connectivity index (χ1) is 16.0. The van der Waals surface area contributed by atoms with Crippen LogP contribution in [0.1, 0.15) is 23.2 Å². The molecule has 0 unspecified atom stereocenters. The second kappa shape index (κ2) is 8.78. The van der Waals surface area contributed by atoms with Gasteiger partial charge in [-0.15, -0.1) is 0 Å². The number of aliphatic carboxylic acids is 1. The molecular weight excluding hydrogens is 423 g/mol. The van der Waals surface area contributed by atoms with Crippen LogP contribution in [-0.4, -0.2) is 62.5 Å². The van der Waals surface area contributed by atoms with E-state index in [9.17, 15) is 14.0 Å². The van der Waals surface area contributed by atoms with E-state index in [4.69, 9.17) is 5.11 Å². The molecule has 5 rings (SSSR count). The van der Waals surface area contributed by atoms with Gasteiger partial charge in [0.25, 0.3) is 0 Å². The molecule has 2 aromatic heterocycles. The lowest BCUT2D eigenvalue weighted by Gasteiger charge is -2.31. The average molecular weight is 448 g/mol. The van der Waals surface area contributed by atoms with E-state index in [1.165, 1.54) is 17.7 Å². The van der Waals surface area contributed by atoms with Gasteiger partial charge < -0.3 is 14.6 Å². The molecule has 170 valence electrons. The largest absolute Gasteiger partial charge is 0.478 e. The average Bonchev–Trinajstić information content (AvgIpc) is 3.12. The molecule has 2 aliphatic heterocycles. The molecule has 7 nitrogen and oxygen atoms in total. The minimum atomic E-state index is -0.885. The lowest BCUT2D eigenvalue weighted by Crippen LogP contribution is -2.44. The quantitative estimate of drug-likeness (QED) is 0.650. The SMILES string of the molecule is O=C(O)C1=CCN(CC(=O)N2CCc3c(n(Cc4cccc(F)c4)c4ncccc34)C2)CC1. The van der Waals surface area contributed by atoms with Gasteiger partial charge in [-0.3, -0.25) is 9.69 Å². The first kappa shape index (κ1) is 21.3. The zero-order valence-electron chi connectivity index (χ0n) is 18.2. The van der Waals surface area contributed by atoms with Crippen molar-refractivity contribution in [2.75, 3.05) is 26.2 Å². The lowest BCUT2D eigenvalue weighted by molar-refractivity contribution is -0.133. The number of carboxylic acids is 1. The molecule has 1 aromatic carbocycles. The summed E-state index contributed by atoms with van der Waals surface area (Å²) < 4.78 is 15.9. The van der Waals surface area contributed by atoms with Crippen LogP contribution in [0.3, 0.4) is 0 Å². The molecule has 3 aromatic rings. The van der Waals surface area contributed by atoms with Crippen molar-refractivity contribution in [3.05, 3.63) is 76.9 Å². The summed E-state index contributed by atoms with van der Waals surface area (Å²) in [6.07, 6.45) is 4.63. The molecule has 0 spiro atoms. The summed E-state index contributed by atoms with van der Waals surface area (Å²) in [7, 11) is 0. The van der Waals surface area contributed by atoms with Gasteiger partial charge in [-0.05, 0) is 48.2 Å². The van der Waals surface area contributed by atoms with Gasteiger partial charge in [-0.1, -0.05) is 18.2 Å². The van der Waals surface area contributed by atoms with Crippen LogP contribution in [0.25, 0.3) is 11.0 Å². The summed E-state index contributed by atoms with van der Waals surface area (Å²) in [5, 5.41) is 10.2. The molecular formula is C25H25FN4O3. The Bertz CT molecular complexity index is 1270. The Hall–Kier alpha value is -3.52. The molecule has 0 fully saturated rings. The van der Waals surface area contributed by atoms with Gasteiger partial charge >= 0.3 is 5.97 Å². The Balaban J connectivity index is 1.38. The molecule has 1 amide bonds. The van der Waals surface area contributed by atoms with Crippen molar-refractivity contribution < 1.29 is 19.1 Å². The maximum absolute atomic E-state index is 13.8. The molecule has 0 radical (unpaired) electrons. The van der Waals surface area contributed by atoms with Crippen molar-refractivity contribution in [2.24, 2.45) is 0 Å². The Labute approximate surface area is 190 Å². The van der Waals surface area contributed by atoms with E-state index >= 15 is 0 Å². The van der Waals surface area contributed by atoms with Gasteiger partial charge in [0, 0.05) is 49.0 Å². The highest BCUT2D eigenvalue weighted by atomic mass is 19.1. The van der Waals surface area contributed by atoms with Crippen LogP contribution in [0.5, 0.6) is 0 Å². The minimum Gasteiger partial charge on any atom is -0.478 e. The Kier molecular flexibility index (Phi) is 5.68. The van der Waals surface area contributed by atoms with Crippen LogP contribution >= 0.6 is 0 Å². The number of rotatable bonds is 5. The molecule has 33 heavy (non-hydrogen) atoms. The number of amides is 1. The summed E-state index contributed by atoms with van der Waals surface area (Å²) in [6, 6.07) is 10.5. The van der Waals surface area contributed by atoms with Gasteiger partial charge in [0.05, 0.1) is 13.1 Å². The number of nitrogens with zero attached hydrogens (tertiary/aromatic N) is 4. The number of hydrogen-bond acceptors (Lipinski definition) is 4. The van der Waals surface area contributed by atoms with E-state index in [0.717, 1.165) is 28.7 Å². The van der Waals surface area contributed by atoms with Crippen LogP contribution in [-0.2, 0) is 29.1 Å². The fraction of sp³-hybridized carbons (Fsp3) is 0.320. The number of hydrogen-bond donors (Lipinski definition) is 1. The number of benzene rings is 1. The highest BCUT2D eigenvalue weighted by Crippen LogP contribution is 2.30. The minimum absolute atomic E-state index is 0.0309. The normalized spacial score (nSPS) is 16.5. The van der Waals surface area contributed by atoms with Crippen LogP contribution in [0.15, 0.2) is 54.2 Å². The monoisotopic (exact) mass is 448 g/mol. The third kappa shape index (κ3) is 4.26. The van der Waals surface area contributed by atoms with Gasteiger partial charge in [-0.2, -0.15) is 0 Å². The molecule has 4 heterocycles. The number of fused-ring (bicyclic) bond motifs is 3. The standard InChI is InChI=1S/C25H25FN4O3/c26-19-4-1-3-17(13-19)14-30-22-15-29(12-8-20(22)21-5-2-9-27-24(21)30)23(31)16-28-10-6-18(7-11-28)25(32)33/h1-6,9,13H,7-8,10-12,14-16H2,(H,32,33). The van der Waals surface area contributed by atoms with Crippen LogP contribution < -0.4 is 0 Å². The maximum Gasteiger partial charge on any atom is 0.331 e. The van der Waals surface area contributed by atoms with E-state index in [1.54, 1.807) is 18.3 Å². The summed E-state index contributed by atoms with van der Waals surface area (Å²) in [5.41, 5.74) is 4.35. The van der Waals surface area contributed by atoms with Gasteiger partial charge in [0.2, 0.25) is 5.91 Å². The van der Waals surface area contributed by atoms with Crippen molar-refractivity contribution in [2.45, 2.75) is 25.9 Å². The number of aromatic nitrogens is 2. The van der Waals surface area contributed by atoms with E-state index < -0.39 is 5.97 Å². The molecule has 8 heteroatoms. The smallest absolute Gasteiger partial charge is 0.331 e. The van der Waals surface area contributed by atoms with Crippen LogP contribution in [0.4, 0.5) is 4.39 Å². The van der Waals surface area contributed by atoms with Crippen molar-refractivity contribution in [3.63, 3.8) is 0 Å². The number of pyridine rings is 1. The number of carbonyl (C=O) groups excluding carboxylic acids is 1. The van der Waals surface area contributed by atoms with E-state index in [1.807, 2.05) is 21.9 Å². The van der Waals surface area contributed by atoms with Crippen molar-refractivity contribution in [1.29, 1.82) is 0 Å². The first-order valence-electron chi connectivity index (χ1n) is 11.1.